The van der Waals surface area contributed by atoms with Crippen LogP contribution in [-0.4, -0.2) is 29.9 Å². The Balaban J connectivity index is 1.36. The predicted molar refractivity (Wildman–Crippen MR) is 133 cm³/mol. The Morgan fingerprint density at radius 3 is 1.94 bits per heavy atom. The zero-order valence-electron chi connectivity index (χ0n) is 19.8. The first-order valence-corrected chi connectivity index (χ1v) is 11.9. The molecule has 4 rings (SSSR count). The highest BCUT2D eigenvalue weighted by Crippen LogP contribution is 2.26. The van der Waals surface area contributed by atoms with Gasteiger partial charge >= 0.3 is 5.97 Å². The molecule has 0 saturated carbocycles. The van der Waals surface area contributed by atoms with Gasteiger partial charge in [0, 0.05) is 12.3 Å². The van der Waals surface area contributed by atoms with Crippen molar-refractivity contribution in [2.75, 3.05) is 0 Å². The number of hydrogen-bond donors (Lipinski definition) is 2. The maximum atomic E-state index is 13.0. The normalized spacial score (nSPS) is 14.4. The summed E-state index contributed by atoms with van der Waals surface area (Å²) < 4.78 is 5.50. The first-order valence-electron chi connectivity index (χ1n) is 11.9. The summed E-state index contributed by atoms with van der Waals surface area (Å²) >= 11 is 0. The third-order valence-electron chi connectivity index (χ3n) is 6.28. The van der Waals surface area contributed by atoms with E-state index in [1.807, 2.05) is 84.9 Å². The van der Waals surface area contributed by atoms with Crippen molar-refractivity contribution in [1.82, 2.24) is 10.6 Å². The van der Waals surface area contributed by atoms with Gasteiger partial charge in [0.15, 0.2) is 0 Å². The molecule has 0 fully saturated rings. The maximum Gasteiger partial charge on any atom is 0.329 e. The van der Waals surface area contributed by atoms with E-state index in [1.165, 1.54) is 11.1 Å². The fourth-order valence-electron chi connectivity index (χ4n) is 4.31. The van der Waals surface area contributed by atoms with Gasteiger partial charge in [-0.1, -0.05) is 84.9 Å². The Kier molecular flexibility index (Phi) is 7.93. The van der Waals surface area contributed by atoms with E-state index in [9.17, 15) is 14.4 Å². The standard InChI is InChI=1S/C29H30N2O4/c1-20(30-28(33)25-17-23-14-8-9-15-24(23)18-25)27(32)31-26(16-21-10-4-2-5-11-21)29(34)35-19-22-12-6-3-7-13-22/h2-15,20,25-26H,16-19H2,1H3,(H,30,33)(H,31,32)/t20-,26?/m0/s1. The highest BCUT2D eigenvalue weighted by molar-refractivity contribution is 5.91. The van der Waals surface area contributed by atoms with Crippen LogP contribution in [-0.2, 0) is 45.0 Å². The maximum absolute atomic E-state index is 13.0. The second-order valence-corrected chi connectivity index (χ2v) is 8.95. The minimum atomic E-state index is -0.872. The molecule has 0 saturated heterocycles. The van der Waals surface area contributed by atoms with Gasteiger partial charge in [-0.15, -0.1) is 0 Å². The second kappa shape index (κ2) is 11.5. The topological polar surface area (TPSA) is 84.5 Å². The van der Waals surface area contributed by atoms with E-state index in [0.717, 1.165) is 11.1 Å². The molecule has 1 aliphatic rings. The van der Waals surface area contributed by atoms with Gasteiger partial charge in [-0.3, -0.25) is 9.59 Å². The fourth-order valence-corrected chi connectivity index (χ4v) is 4.31. The number of ether oxygens (including phenoxy) is 1. The monoisotopic (exact) mass is 470 g/mol. The third-order valence-corrected chi connectivity index (χ3v) is 6.28. The number of carbonyl (C=O) groups excluding carboxylic acids is 3. The van der Waals surface area contributed by atoms with Crippen LogP contribution in [0, 0.1) is 5.92 Å². The summed E-state index contributed by atoms with van der Waals surface area (Å²) in [5.74, 6) is -1.30. The van der Waals surface area contributed by atoms with Crippen molar-refractivity contribution in [3.63, 3.8) is 0 Å². The number of esters is 1. The van der Waals surface area contributed by atoms with E-state index in [0.29, 0.717) is 19.3 Å². The molecular weight excluding hydrogens is 440 g/mol. The lowest BCUT2D eigenvalue weighted by molar-refractivity contribution is -0.149. The zero-order valence-corrected chi connectivity index (χ0v) is 19.8. The van der Waals surface area contributed by atoms with Gasteiger partial charge in [0.2, 0.25) is 11.8 Å². The van der Waals surface area contributed by atoms with E-state index in [1.54, 1.807) is 6.92 Å². The molecule has 0 aromatic heterocycles. The summed E-state index contributed by atoms with van der Waals surface area (Å²) in [5.41, 5.74) is 4.11. The van der Waals surface area contributed by atoms with Crippen LogP contribution in [0.25, 0.3) is 0 Å². The summed E-state index contributed by atoms with van der Waals surface area (Å²) in [5, 5.41) is 5.61. The highest BCUT2D eigenvalue weighted by atomic mass is 16.5. The number of amides is 2. The van der Waals surface area contributed by atoms with Crippen LogP contribution in [0.2, 0.25) is 0 Å². The Hall–Kier alpha value is -3.93. The number of hydrogen-bond acceptors (Lipinski definition) is 4. The second-order valence-electron chi connectivity index (χ2n) is 8.95. The summed E-state index contributed by atoms with van der Waals surface area (Å²) in [7, 11) is 0. The van der Waals surface area contributed by atoms with Gasteiger partial charge < -0.3 is 15.4 Å². The van der Waals surface area contributed by atoms with Gasteiger partial charge in [-0.25, -0.2) is 4.79 Å². The van der Waals surface area contributed by atoms with E-state index in [4.69, 9.17) is 4.74 Å². The van der Waals surface area contributed by atoms with Gasteiger partial charge in [-0.2, -0.15) is 0 Å². The summed E-state index contributed by atoms with van der Waals surface area (Å²) in [6.07, 6.45) is 1.62. The van der Waals surface area contributed by atoms with E-state index in [2.05, 4.69) is 10.6 Å². The van der Waals surface area contributed by atoms with Crippen LogP contribution >= 0.6 is 0 Å². The molecule has 6 nitrogen and oxygen atoms in total. The van der Waals surface area contributed by atoms with Gasteiger partial charge in [-0.05, 0) is 42.0 Å². The molecule has 6 heteroatoms. The minimum absolute atomic E-state index is 0.120. The van der Waals surface area contributed by atoms with E-state index in [-0.39, 0.29) is 18.4 Å². The SMILES string of the molecule is C[C@H](NC(=O)C1Cc2ccccc2C1)C(=O)NC(Cc1ccccc1)C(=O)OCc1ccccc1. The molecule has 0 aliphatic heterocycles. The van der Waals surface area contributed by atoms with Gasteiger partial charge in [0.1, 0.15) is 18.7 Å². The van der Waals surface area contributed by atoms with Crippen LogP contribution in [0.1, 0.15) is 29.2 Å². The lowest BCUT2D eigenvalue weighted by Crippen LogP contribution is -2.52. The van der Waals surface area contributed by atoms with Crippen LogP contribution in [0.4, 0.5) is 0 Å². The van der Waals surface area contributed by atoms with Crippen molar-refractivity contribution in [3.8, 4) is 0 Å². The molecule has 2 N–H and O–H groups in total. The van der Waals surface area contributed by atoms with Crippen LogP contribution in [0.5, 0.6) is 0 Å². The van der Waals surface area contributed by atoms with Crippen molar-refractivity contribution >= 4 is 17.8 Å². The Morgan fingerprint density at radius 1 is 0.800 bits per heavy atom. The van der Waals surface area contributed by atoms with Crippen LogP contribution in [0.3, 0.4) is 0 Å². The first kappa shape index (κ1) is 24.2. The highest BCUT2D eigenvalue weighted by Gasteiger charge is 2.30. The number of fused-ring (bicyclic) bond motifs is 1. The lowest BCUT2D eigenvalue weighted by atomic mass is 10.0. The molecular formula is C29H30N2O4. The molecule has 1 aliphatic carbocycles. The zero-order chi connectivity index (χ0) is 24.6. The molecule has 0 bridgehead atoms. The average Bonchev–Trinajstić information content (AvgIpc) is 3.33. The molecule has 0 spiro atoms. The Morgan fingerprint density at radius 2 is 1.34 bits per heavy atom. The van der Waals surface area contributed by atoms with Crippen molar-refractivity contribution < 1.29 is 19.1 Å². The fraction of sp³-hybridized carbons (Fsp3) is 0.276. The molecule has 3 aromatic rings. The number of rotatable bonds is 9. The molecule has 0 heterocycles. The summed E-state index contributed by atoms with van der Waals surface area (Å²) in [4.78, 5) is 38.7. The average molecular weight is 471 g/mol. The molecule has 2 amide bonds. The van der Waals surface area contributed by atoms with E-state index < -0.39 is 24.0 Å². The van der Waals surface area contributed by atoms with Crippen molar-refractivity contribution in [2.24, 2.45) is 5.92 Å². The van der Waals surface area contributed by atoms with Gasteiger partial charge in [0.25, 0.3) is 0 Å². The van der Waals surface area contributed by atoms with Crippen molar-refractivity contribution in [1.29, 1.82) is 0 Å². The Bertz CT molecular complexity index is 1140. The van der Waals surface area contributed by atoms with Crippen molar-refractivity contribution in [2.45, 2.75) is 44.9 Å². The Labute approximate surface area is 205 Å². The van der Waals surface area contributed by atoms with E-state index >= 15 is 0 Å². The summed E-state index contributed by atoms with van der Waals surface area (Å²) in [6.45, 7) is 1.75. The van der Waals surface area contributed by atoms with Crippen molar-refractivity contribution in [3.05, 3.63) is 107 Å². The molecule has 35 heavy (non-hydrogen) atoms. The quantitative estimate of drug-likeness (QED) is 0.470. The first-order chi connectivity index (χ1) is 17.0. The number of benzene rings is 3. The molecule has 1 unspecified atom stereocenters. The molecule has 180 valence electrons. The summed E-state index contributed by atoms with van der Waals surface area (Å²) in [6, 6.07) is 25.2. The number of carbonyl (C=O) groups is 3. The largest absolute Gasteiger partial charge is 0.459 e. The van der Waals surface area contributed by atoms with Crippen LogP contribution < -0.4 is 10.6 Å². The molecule has 0 radical (unpaired) electrons. The molecule has 2 atom stereocenters. The lowest BCUT2D eigenvalue weighted by Gasteiger charge is -2.22. The molecule has 3 aromatic carbocycles. The third kappa shape index (κ3) is 6.57. The smallest absolute Gasteiger partial charge is 0.329 e. The van der Waals surface area contributed by atoms with Gasteiger partial charge in [0.05, 0.1) is 0 Å². The number of nitrogens with one attached hydrogen (secondary N) is 2. The minimum Gasteiger partial charge on any atom is -0.459 e. The van der Waals surface area contributed by atoms with Crippen LogP contribution in [0.15, 0.2) is 84.9 Å². The predicted octanol–water partition coefficient (Wildman–Crippen LogP) is 3.38.